The van der Waals surface area contributed by atoms with Crippen molar-refractivity contribution in [2.45, 2.75) is 51.1 Å². The third-order valence-corrected chi connectivity index (χ3v) is 4.35. The number of hydrogen-bond donors (Lipinski definition) is 2. The zero-order valence-electron chi connectivity index (χ0n) is 10.7. The maximum absolute atomic E-state index is 11.1. The molecule has 2 atom stereocenters. The molecule has 2 unspecified atom stereocenters. The van der Waals surface area contributed by atoms with E-state index in [9.17, 15) is 4.79 Å². The molecule has 4 nitrogen and oxygen atoms in total. The van der Waals surface area contributed by atoms with Crippen molar-refractivity contribution in [3.63, 3.8) is 0 Å². The molecule has 2 aliphatic rings. The second-order valence-electron chi connectivity index (χ2n) is 5.34. The van der Waals surface area contributed by atoms with Gasteiger partial charge in [-0.3, -0.25) is 9.69 Å². The van der Waals surface area contributed by atoms with Crippen LogP contribution >= 0.6 is 0 Å². The topological polar surface area (TPSA) is 52.6 Å². The number of likely N-dealkylation sites (tertiary alicyclic amines) is 1. The van der Waals surface area contributed by atoms with Crippen molar-refractivity contribution in [2.24, 2.45) is 5.92 Å². The van der Waals surface area contributed by atoms with Crippen LogP contribution in [0.4, 0.5) is 0 Å². The monoisotopic (exact) mass is 240 g/mol. The van der Waals surface area contributed by atoms with Crippen molar-refractivity contribution in [2.75, 3.05) is 19.6 Å². The van der Waals surface area contributed by atoms with Crippen LogP contribution in [0.5, 0.6) is 0 Å². The number of nitrogens with one attached hydrogen (secondary N) is 1. The third kappa shape index (κ3) is 2.99. The fourth-order valence-electron chi connectivity index (χ4n) is 3.34. The first-order valence-electron chi connectivity index (χ1n) is 6.92. The van der Waals surface area contributed by atoms with Gasteiger partial charge in [-0.2, -0.15) is 0 Å². The lowest BCUT2D eigenvalue weighted by Gasteiger charge is -2.37. The summed E-state index contributed by atoms with van der Waals surface area (Å²) in [4.78, 5) is 13.3. The Morgan fingerprint density at radius 1 is 1.41 bits per heavy atom. The van der Waals surface area contributed by atoms with Crippen molar-refractivity contribution in [1.29, 1.82) is 0 Å². The SMILES string of the molecule is CCC(C(=O)O)N1CCC(C2CCCN2)CC1. The van der Waals surface area contributed by atoms with E-state index in [4.69, 9.17) is 5.11 Å². The van der Waals surface area contributed by atoms with Crippen LogP contribution in [0.15, 0.2) is 0 Å². The van der Waals surface area contributed by atoms with Gasteiger partial charge in [0.15, 0.2) is 0 Å². The highest BCUT2D eigenvalue weighted by Gasteiger charge is 2.32. The first-order chi connectivity index (χ1) is 8.22. The van der Waals surface area contributed by atoms with Gasteiger partial charge in [0.2, 0.25) is 0 Å². The number of carbonyl (C=O) groups is 1. The van der Waals surface area contributed by atoms with Crippen molar-refractivity contribution >= 4 is 5.97 Å². The Morgan fingerprint density at radius 3 is 2.59 bits per heavy atom. The van der Waals surface area contributed by atoms with Crippen LogP contribution in [0.3, 0.4) is 0 Å². The van der Waals surface area contributed by atoms with E-state index in [1.807, 2.05) is 6.92 Å². The minimum atomic E-state index is -0.662. The lowest BCUT2D eigenvalue weighted by Crippen LogP contribution is -2.47. The Kier molecular flexibility index (Phi) is 4.40. The molecule has 2 saturated heterocycles. The molecule has 0 aromatic rings. The number of piperidine rings is 1. The number of rotatable bonds is 4. The quantitative estimate of drug-likeness (QED) is 0.778. The van der Waals surface area contributed by atoms with Gasteiger partial charge in [-0.05, 0) is 57.7 Å². The summed E-state index contributed by atoms with van der Waals surface area (Å²) in [6.07, 6.45) is 5.63. The van der Waals surface area contributed by atoms with E-state index >= 15 is 0 Å². The second-order valence-corrected chi connectivity index (χ2v) is 5.34. The number of aliphatic carboxylic acids is 1. The van der Waals surface area contributed by atoms with E-state index < -0.39 is 5.97 Å². The van der Waals surface area contributed by atoms with Gasteiger partial charge in [0.25, 0.3) is 0 Å². The average Bonchev–Trinajstić information content (AvgIpc) is 2.84. The molecule has 2 rings (SSSR count). The molecule has 0 amide bonds. The molecular formula is C13H24N2O2. The zero-order valence-corrected chi connectivity index (χ0v) is 10.7. The summed E-state index contributed by atoms with van der Waals surface area (Å²) in [5.74, 6) is 0.102. The molecule has 0 radical (unpaired) electrons. The summed E-state index contributed by atoms with van der Waals surface area (Å²) < 4.78 is 0. The predicted octanol–water partition coefficient (Wildman–Crippen LogP) is 1.31. The average molecular weight is 240 g/mol. The summed E-state index contributed by atoms with van der Waals surface area (Å²) >= 11 is 0. The third-order valence-electron chi connectivity index (χ3n) is 4.35. The fraction of sp³-hybridized carbons (Fsp3) is 0.923. The highest BCUT2D eigenvalue weighted by Crippen LogP contribution is 2.26. The molecule has 0 aromatic carbocycles. The molecular weight excluding hydrogens is 216 g/mol. The molecule has 0 bridgehead atoms. The summed E-state index contributed by atoms with van der Waals surface area (Å²) in [7, 11) is 0. The van der Waals surface area contributed by atoms with Gasteiger partial charge >= 0.3 is 5.97 Å². The van der Waals surface area contributed by atoms with Gasteiger partial charge in [-0.15, -0.1) is 0 Å². The number of hydrogen-bond acceptors (Lipinski definition) is 3. The molecule has 2 heterocycles. The van der Waals surface area contributed by atoms with Crippen LogP contribution in [0, 0.1) is 5.92 Å². The Labute approximate surface area is 103 Å². The minimum absolute atomic E-state index is 0.271. The summed E-state index contributed by atoms with van der Waals surface area (Å²) in [5.41, 5.74) is 0. The Morgan fingerprint density at radius 2 is 2.12 bits per heavy atom. The molecule has 2 N–H and O–H groups in total. The largest absolute Gasteiger partial charge is 0.480 e. The molecule has 2 aliphatic heterocycles. The number of carboxylic acid groups (broad SMARTS) is 1. The summed E-state index contributed by atoms with van der Waals surface area (Å²) in [6, 6.07) is 0.426. The van der Waals surface area contributed by atoms with Crippen molar-refractivity contribution in [3.8, 4) is 0 Å². The lowest BCUT2D eigenvalue weighted by atomic mass is 9.88. The number of carboxylic acids is 1. The van der Waals surface area contributed by atoms with Crippen molar-refractivity contribution < 1.29 is 9.90 Å². The van der Waals surface area contributed by atoms with Crippen LogP contribution in [-0.4, -0.2) is 47.7 Å². The van der Waals surface area contributed by atoms with Crippen LogP contribution in [-0.2, 0) is 4.79 Å². The number of nitrogens with zero attached hydrogens (tertiary/aromatic N) is 1. The Bertz CT molecular complexity index is 256. The molecule has 4 heteroatoms. The van der Waals surface area contributed by atoms with Crippen LogP contribution < -0.4 is 5.32 Å². The Hall–Kier alpha value is -0.610. The van der Waals surface area contributed by atoms with Gasteiger partial charge in [-0.1, -0.05) is 6.92 Å². The molecule has 17 heavy (non-hydrogen) atoms. The molecule has 0 saturated carbocycles. The van der Waals surface area contributed by atoms with E-state index in [-0.39, 0.29) is 6.04 Å². The van der Waals surface area contributed by atoms with Gasteiger partial charge in [0, 0.05) is 6.04 Å². The highest BCUT2D eigenvalue weighted by molar-refractivity contribution is 5.73. The standard InChI is InChI=1S/C13H24N2O2/c1-2-12(13(16)17)15-8-5-10(6-9-15)11-4-3-7-14-11/h10-12,14H,2-9H2,1H3,(H,16,17). The van der Waals surface area contributed by atoms with Crippen LogP contribution in [0.1, 0.15) is 39.0 Å². The van der Waals surface area contributed by atoms with E-state index in [1.54, 1.807) is 0 Å². The van der Waals surface area contributed by atoms with Crippen molar-refractivity contribution in [1.82, 2.24) is 10.2 Å². The molecule has 0 aliphatic carbocycles. The van der Waals surface area contributed by atoms with Gasteiger partial charge in [0.1, 0.15) is 6.04 Å². The molecule has 98 valence electrons. The van der Waals surface area contributed by atoms with E-state index in [2.05, 4.69) is 10.2 Å². The predicted molar refractivity (Wildman–Crippen MR) is 67.0 cm³/mol. The van der Waals surface area contributed by atoms with E-state index in [1.165, 1.54) is 12.8 Å². The van der Waals surface area contributed by atoms with E-state index in [0.29, 0.717) is 12.5 Å². The van der Waals surface area contributed by atoms with Crippen LogP contribution in [0.25, 0.3) is 0 Å². The molecule has 0 aromatic heterocycles. The van der Waals surface area contributed by atoms with Gasteiger partial charge in [-0.25, -0.2) is 0 Å². The van der Waals surface area contributed by atoms with Crippen molar-refractivity contribution in [3.05, 3.63) is 0 Å². The van der Waals surface area contributed by atoms with Gasteiger partial charge in [0.05, 0.1) is 0 Å². The Balaban J connectivity index is 1.82. The zero-order chi connectivity index (χ0) is 12.3. The first kappa shape index (κ1) is 12.8. The van der Waals surface area contributed by atoms with Crippen LogP contribution in [0.2, 0.25) is 0 Å². The van der Waals surface area contributed by atoms with Gasteiger partial charge < -0.3 is 10.4 Å². The smallest absolute Gasteiger partial charge is 0.320 e. The highest BCUT2D eigenvalue weighted by atomic mass is 16.4. The lowest BCUT2D eigenvalue weighted by molar-refractivity contribution is -0.144. The summed E-state index contributed by atoms with van der Waals surface area (Å²) in [6.45, 7) is 5.03. The maximum atomic E-state index is 11.1. The maximum Gasteiger partial charge on any atom is 0.320 e. The first-order valence-corrected chi connectivity index (χ1v) is 6.92. The fourth-order valence-corrected chi connectivity index (χ4v) is 3.34. The minimum Gasteiger partial charge on any atom is -0.480 e. The molecule has 2 fully saturated rings. The second kappa shape index (κ2) is 5.83. The molecule has 0 spiro atoms. The normalized spacial score (nSPS) is 29.4. The summed E-state index contributed by atoms with van der Waals surface area (Å²) in [5, 5.41) is 12.7. The van der Waals surface area contributed by atoms with E-state index in [0.717, 1.165) is 38.4 Å².